The van der Waals surface area contributed by atoms with E-state index in [1.54, 1.807) is 0 Å². The van der Waals surface area contributed by atoms with E-state index >= 15 is 0 Å². The summed E-state index contributed by atoms with van der Waals surface area (Å²) in [6, 6.07) is 26.4. The van der Waals surface area contributed by atoms with Crippen molar-refractivity contribution >= 4 is 35.2 Å². The fourth-order valence-corrected chi connectivity index (χ4v) is 9.04. The Kier molecular flexibility index (Phi) is 21.9. The first-order valence-corrected chi connectivity index (χ1v) is 25.1. The molecular formula is C54H91N7O8. The fraction of sp³-hybridized carbons (Fsp3) is 0.611. The van der Waals surface area contributed by atoms with Crippen molar-refractivity contribution in [3.8, 4) is 0 Å². The number of amides is 3. The summed E-state index contributed by atoms with van der Waals surface area (Å²) >= 11 is 0. The summed E-state index contributed by atoms with van der Waals surface area (Å²) in [5, 5.41) is 12.1. The molecule has 3 heterocycles. The van der Waals surface area contributed by atoms with Gasteiger partial charge >= 0.3 is 12.2 Å². The van der Waals surface area contributed by atoms with E-state index in [2.05, 4.69) is 152 Å². The van der Waals surface area contributed by atoms with Gasteiger partial charge in [0.2, 0.25) is 5.91 Å². The van der Waals surface area contributed by atoms with Crippen LogP contribution in [-0.2, 0) is 33.9 Å². The standard InChI is InChI=1S/C50H73N7O8.C4H10.4H2/c1-35(2)43(54-49(60)62-7)31-65-33-55-27-8-10-42(55)30-64-32-52-39-18-12-36(13-19-39)44-24-25-45(57(44)41-22-16-38(17-23-41)50(3,4)5)37-14-20-40(21-15-37)53-47(58)46-11-9-28-56(46)34-63-29-26-51-48(59)61-6;1-4(2)3;;;;/h12-23,35,42-46,52H,8-11,24-34H2,1-7H3,(H,51,59)(H,53,58)(H,54,60);4H,1-3H3;4*1H/t42-,43+,44-,45-,46-;;;;;/m0...../s1. The van der Waals surface area contributed by atoms with Crippen LogP contribution in [0.1, 0.15) is 128 Å². The lowest BCUT2D eigenvalue weighted by molar-refractivity contribution is -0.122. The molecule has 3 aromatic carbocycles. The lowest BCUT2D eigenvalue weighted by atomic mass is 9.87. The molecule has 5 atom stereocenters. The Balaban J connectivity index is 0.00000321. The van der Waals surface area contributed by atoms with Crippen molar-refractivity contribution in [2.45, 2.75) is 130 Å². The van der Waals surface area contributed by atoms with E-state index in [1.807, 2.05) is 17.0 Å². The minimum Gasteiger partial charge on any atom is -0.453 e. The zero-order chi connectivity index (χ0) is 49.9. The second-order valence-electron chi connectivity index (χ2n) is 20.5. The molecule has 3 aliphatic heterocycles. The Labute approximate surface area is 418 Å². The van der Waals surface area contributed by atoms with Crippen molar-refractivity contribution < 1.29 is 43.8 Å². The summed E-state index contributed by atoms with van der Waals surface area (Å²) in [6.07, 6.45) is 4.89. The van der Waals surface area contributed by atoms with Crippen molar-refractivity contribution in [3.63, 3.8) is 0 Å². The highest BCUT2D eigenvalue weighted by Gasteiger charge is 2.36. The van der Waals surface area contributed by atoms with Crippen LogP contribution in [0.3, 0.4) is 0 Å². The number of rotatable bonds is 21. The van der Waals surface area contributed by atoms with Gasteiger partial charge < -0.3 is 49.9 Å². The van der Waals surface area contributed by atoms with Crippen molar-refractivity contribution in [3.05, 3.63) is 89.5 Å². The van der Waals surface area contributed by atoms with E-state index in [1.165, 1.54) is 36.6 Å². The predicted octanol–water partition coefficient (Wildman–Crippen LogP) is 10.7. The average molecular weight is 966 g/mol. The number of likely N-dealkylation sites (tertiary alicyclic amines) is 2. The molecule has 3 aromatic rings. The topological polar surface area (TPSA) is 155 Å². The maximum absolute atomic E-state index is 13.5. The molecule has 15 heteroatoms. The molecule has 3 amide bonds. The highest BCUT2D eigenvalue weighted by molar-refractivity contribution is 5.95. The predicted molar refractivity (Wildman–Crippen MR) is 283 cm³/mol. The maximum atomic E-state index is 13.5. The van der Waals surface area contributed by atoms with Gasteiger partial charge in [0.25, 0.3) is 0 Å². The molecule has 3 fully saturated rings. The summed E-state index contributed by atoms with van der Waals surface area (Å²) < 4.78 is 27.3. The van der Waals surface area contributed by atoms with Crippen molar-refractivity contribution in [1.82, 2.24) is 20.4 Å². The molecule has 6 rings (SSSR count). The van der Waals surface area contributed by atoms with E-state index in [9.17, 15) is 14.4 Å². The fourth-order valence-electron chi connectivity index (χ4n) is 9.04. The molecule has 0 spiro atoms. The first-order chi connectivity index (χ1) is 33.1. The molecule has 4 N–H and O–H groups in total. The van der Waals surface area contributed by atoms with Crippen molar-refractivity contribution in [2.24, 2.45) is 11.8 Å². The van der Waals surface area contributed by atoms with Crippen LogP contribution in [0.2, 0.25) is 0 Å². The number of benzene rings is 3. The molecule has 0 radical (unpaired) electrons. The Morgan fingerprint density at radius 2 is 1.29 bits per heavy atom. The minimum absolute atomic E-state index is 0. The van der Waals surface area contributed by atoms with Gasteiger partial charge in [-0.05, 0) is 109 Å². The van der Waals surface area contributed by atoms with E-state index < -0.39 is 12.2 Å². The van der Waals surface area contributed by atoms with Gasteiger partial charge in [-0.25, -0.2) is 9.59 Å². The van der Waals surface area contributed by atoms with E-state index in [0.717, 1.165) is 68.9 Å². The first-order valence-electron chi connectivity index (χ1n) is 25.1. The number of nitrogens with zero attached hydrogens (tertiary/aromatic N) is 3. The minimum atomic E-state index is -0.494. The lowest BCUT2D eigenvalue weighted by Gasteiger charge is -2.34. The van der Waals surface area contributed by atoms with E-state index in [-0.39, 0.29) is 53.2 Å². The average Bonchev–Trinajstić information content (AvgIpc) is 4.11. The zero-order valence-corrected chi connectivity index (χ0v) is 43.2. The number of anilines is 3. The molecule has 0 unspecified atom stereocenters. The SMILES string of the molecule is CC(C)C.COC(=O)NCCOCN1CCC[C@H]1C(=O)Nc1ccc([C@@H]2CC[C@@H](c3ccc(NCOC[C@@H]4CCCN4COC[C@@H](NC(=O)OC)C(C)C)cc3)N2c2ccc(C(C)(C)C)cc2)cc1.[HH].[HH].[HH].[HH]. The van der Waals surface area contributed by atoms with Crippen LogP contribution >= 0.6 is 0 Å². The van der Waals surface area contributed by atoms with Crippen LogP contribution in [0, 0.1) is 11.8 Å². The van der Waals surface area contributed by atoms with Crippen LogP contribution < -0.4 is 26.2 Å². The van der Waals surface area contributed by atoms with Crippen molar-refractivity contribution in [1.29, 1.82) is 0 Å². The number of carbonyl (C=O) groups excluding carboxylic acids is 3. The zero-order valence-electron chi connectivity index (χ0n) is 43.2. The highest BCUT2D eigenvalue weighted by Crippen LogP contribution is 2.47. The maximum Gasteiger partial charge on any atom is 0.407 e. The number of alkyl carbamates (subject to hydrolysis) is 2. The van der Waals surface area contributed by atoms with Crippen LogP contribution in [0.4, 0.5) is 26.7 Å². The normalized spacial score (nSPS) is 20.1. The summed E-state index contributed by atoms with van der Waals surface area (Å²) in [4.78, 5) is 43.4. The summed E-state index contributed by atoms with van der Waals surface area (Å²) in [5.41, 5.74) is 6.78. The molecule has 0 saturated carbocycles. The molecule has 390 valence electrons. The monoisotopic (exact) mass is 966 g/mol. The molecule has 0 bridgehead atoms. The van der Waals surface area contributed by atoms with Crippen LogP contribution in [0.5, 0.6) is 0 Å². The Hall–Kier alpha value is -4.93. The molecule has 15 nitrogen and oxygen atoms in total. The number of hydrogen-bond donors (Lipinski definition) is 4. The Morgan fingerprint density at radius 3 is 1.88 bits per heavy atom. The van der Waals surface area contributed by atoms with Crippen LogP contribution in [0.25, 0.3) is 0 Å². The summed E-state index contributed by atoms with van der Waals surface area (Å²) in [6.45, 7) is 22.0. The van der Waals surface area contributed by atoms with Gasteiger partial charge in [-0.2, -0.15) is 0 Å². The largest absolute Gasteiger partial charge is 0.453 e. The molecule has 0 aromatic heterocycles. The van der Waals surface area contributed by atoms with Gasteiger partial charge in [-0.3, -0.25) is 14.6 Å². The molecule has 3 saturated heterocycles. The van der Waals surface area contributed by atoms with E-state index in [4.69, 9.17) is 18.9 Å². The lowest BCUT2D eigenvalue weighted by Crippen LogP contribution is -2.43. The smallest absolute Gasteiger partial charge is 0.407 e. The third kappa shape index (κ3) is 17.2. The van der Waals surface area contributed by atoms with Gasteiger partial charge in [-0.15, -0.1) is 0 Å². The summed E-state index contributed by atoms with van der Waals surface area (Å²) in [7, 11) is 2.70. The first kappa shape index (κ1) is 55.0. The quantitative estimate of drug-likeness (QED) is 0.0593. The van der Waals surface area contributed by atoms with Gasteiger partial charge in [0, 0.05) is 48.4 Å². The number of hydrogen-bond acceptors (Lipinski definition) is 12. The second kappa shape index (κ2) is 27.5. The Bertz CT molecular complexity index is 2010. The van der Waals surface area contributed by atoms with Crippen LogP contribution in [-0.4, -0.2) is 120 Å². The van der Waals surface area contributed by atoms with Gasteiger partial charge in [0.05, 0.1) is 71.7 Å². The highest BCUT2D eigenvalue weighted by atomic mass is 16.5. The third-order valence-electron chi connectivity index (χ3n) is 12.9. The summed E-state index contributed by atoms with van der Waals surface area (Å²) in [5.74, 6) is 1.02. The molecule has 0 aliphatic carbocycles. The second-order valence-corrected chi connectivity index (χ2v) is 20.5. The van der Waals surface area contributed by atoms with E-state index in [0.29, 0.717) is 46.6 Å². The number of ether oxygens (including phenoxy) is 5. The third-order valence-corrected chi connectivity index (χ3v) is 12.9. The van der Waals surface area contributed by atoms with Gasteiger partial charge in [0.1, 0.15) is 6.73 Å². The molecular weight excluding hydrogens is 875 g/mol. The Morgan fingerprint density at radius 1 is 0.710 bits per heavy atom. The van der Waals surface area contributed by atoms with Crippen molar-refractivity contribution in [2.75, 3.05) is 89.4 Å². The van der Waals surface area contributed by atoms with Gasteiger partial charge in [0.15, 0.2) is 0 Å². The van der Waals surface area contributed by atoms with Gasteiger partial charge in [-0.1, -0.05) is 91.8 Å². The molecule has 3 aliphatic rings. The van der Waals surface area contributed by atoms with Crippen LogP contribution in [0.15, 0.2) is 72.8 Å². The number of methoxy groups -OCH3 is 2. The molecule has 69 heavy (non-hydrogen) atoms. The number of carbonyl (C=O) groups is 3. The number of nitrogens with one attached hydrogen (secondary N) is 4.